The fraction of sp³-hybridized carbons (Fsp3) is 0.609. The van der Waals surface area contributed by atoms with Gasteiger partial charge in [-0.15, -0.1) is 0 Å². The van der Waals surface area contributed by atoms with Gasteiger partial charge in [-0.3, -0.25) is 20.3 Å². The van der Waals surface area contributed by atoms with E-state index >= 15 is 0 Å². The Kier molecular flexibility index (Phi) is 7.73. The van der Waals surface area contributed by atoms with E-state index in [1.165, 1.54) is 19.1 Å². The van der Waals surface area contributed by atoms with Gasteiger partial charge < -0.3 is 20.3 Å². The van der Waals surface area contributed by atoms with Crippen molar-refractivity contribution in [3.05, 3.63) is 23.3 Å². The van der Waals surface area contributed by atoms with Crippen molar-refractivity contribution in [1.82, 2.24) is 15.5 Å². The number of methoxy groups -OCH3 is 1. The maximum absolute atomic E-state index is 13.8. The summed E-state index contributed by atoms with van der Waals surface area (Å²) in [7, 11) is 3.02. The van der Waals surface area contributed by atoms with Crippen molar-refractivity contribution in [1.29, 1.82) is 0 Å². The summed E-state index contributed by atoms with van der Waals surface area (Å²) in [5.74, 6) is -0.701. The van der Waals surface area contributed by atoms with Crippen molar-refractivity contribution in [2.75, 3.05) is 39.3 Å². The van der Waals surface area contributed by atoms with Crippen LogP contribution in [0.5, 0.6) is 5.75 Å². The number of benzene rings is 1. The second-order valence-electron chi connectivity index (χ2n) is 8.42. The monoisotopic (exact) mass is 446 g/mol. The second-order valence-corrected chi connectivity index (χ2v) is 8.42. The van der Waals surface area contributed by atoms with Gasteiger partial charge in [0.2, 0.25) is 0 Å². The molecule has 0 unspecified atom stereocenters. The normalized spacial score (nSPS) is 23.0. The topological polar surface area (TPSA) is 120 Å². The average molecular weight is 447 g/mol. The molecule has 2 amide bonds. The molecule has 0 bridgehead atoms. The molecule has 1 aromatic carbocycles. The first-order chi connectivity index (χ1) is 15.5. The van der Waals surface area contributed by atoms with Crippen LogP contribution in [0.25, 0.3) is 0 Å². The van der Waals surface area contributed by atoms with Crippen LogP contribution in [0.3, 0.4) is 0 Å². The number of hydrogen-bond donors (Lipinski definition) is 4. The molecule has 1 spiro atoms. The van der Waals surface area contributed by atoms with Crippen molar-refractivity contribution >= 4 is 23.3 Å². The Morgan fingerprint density at radius 1 is 1.31 bits per heavy atom. The fourth-order valence-corrected chi connectivity index (χ4v) is 5.03. The number of ether oxygens (including phenoxy) is 1. The maximum Gasteiger partial charge on any atom is 0.318 e. The molecule has 1 aromatic rings. The van der Waals surface area contributed by atoms with E-state index in [-0.39, 0.29) is 31.1 Å². The third-order valence-corrected chi connectivity index (χ3v) is 6.66. The van der Waals surface area contributed by atoms with Crippen LogP contribution in [0.2, 0.25) is 0 Å². The third-order valence-electron chi connectivity index (χ3n) is 6.66. The number of hydrogen-bond acceptors (Lipinski definition) is 7. The van der Waals surface area contributed by atoms with Crippen LogP contribution in [-0.4, -0.2) is 67.0 Å². The van der Waals surface area contributed by atoms with Crippen LogP contribution in [0, 0.1) is 0 Å². The zero-order valence-corrected chi connectivity index (χ0v) is 19.1. The zero-order chi connectivity index (χ0) is 23.3. The number of urea groups is 1. The van der Waals surface area contributed by atoms with Gasteiger partial charge in [0.1, 0.15) is 11.4 Å². The molecule has 32 heavy (non-hydrogen) atoms. The standard InChI is InChI=1S/C23H34N4O5/c1-4-5-6-7-8-16-15(9-10-18(26-31)20(16)32-3)17-13-19(28)23(21(17)29)14-25-11-12-27(23)22(30)24-2/h9-10,17,25-26,31H,4-8,11-14H2,1-3H3,(H,24,30)/t17-,23+/m1/s1. The molecule has 1 saturated carbocycles. The Morgan fingerprint density at radius 2 is 2.09 bits per heavy atom. The van der Waals surface area contributed by atoms with Crippen molar-refractivity contribution in [3.8, 4) is 5.75 Å². The first kappa shape index (κ1) is 24.0. The van der Waals surface area contributed by atoms with E-state index in [0.717, 1.165) is 36.8 Å². The van der Waals surface area contributed by atoms with Gasteiger partial charge >= 0.3 is 6.03 Å². The van der Waals surface area contributed by atoms with Gasteiger partial charge in [0, 0.05) is 38.7 Å². The molecular weight excluding hydrogens is 412 g/mol. The minimum absolute atomic E-state index is 0.0328. The van der Waals surface area contributed by atoms with Gasteiger partial charge in [-0.05, 0) is 24.5 Å². The highest BCUT2D eigenvalue weighted by Crippen LogP contribution is 2.44. The molecule has 2 atom stereocenters. The van der Waals surface area contributed by atoms with E-state index < -0.39 is 17.5 Å². The quantitative estimate of drug-likeness (QED) is 0.275. The van der Waals surface area contributed by atoms with Crippen LogP contribution < -0.4 is 20.9 Å². The molecule has 4 N–H and O–H groups in total. The Balaban J connectivity index is 2.03. The Labute approximate surface area is 188 Å². The number of anilines is 1. The van der Waals surface area contributed by atoms with Gasteiger partial charge in [-0.2, -0.15) is 0 Å². The number of unbranched alkanes of at least 4 members (excludes halogenated alkanes) is 3. The maximum atomic E-state index is 13.8. The first-order valence-corrected chi connectivity index (χ1v) is 11.3. The van der Waals surface area contributed by atoms with Crippen molar-refractivity contribution in [3.63, 3.8) is 0 Å². The molecule has 1 heterocycles. The highest BCUT2D eigenvalue weighted by atomic mass is 16.5. The highest BCUT2D eigenvalue weighted by Gasteiger charge is 2.60. The summed E-state index contributed by atoms with van der Waals surface area (Å²) in [5.41, 5.74) is 2.64. The van der Waals surface area contributed by atoms with Crippen molar-refractivity contribution < 1.29 is 24.3 Å². The molecule has 176 valence electrons. The molecule has 2 aliphatic rings. The van der Waals surface area contributed by atoms with Crippen LogP contribution >= 0.6 is 0 Å². The number of ketones is 2. The van der Waals surface area contributed by atoms with Crippen LogP contribution in [0.15, 0.2) is 12.1 Å². The lowest BCUT2D eigenvalue weighted by Gasteiger charge is -2.42. The molecular formula is C23H34N4O5. The number of carbonyl (C=O) groups excluding carboxylic acids is 3. The summed E-state index contributed by atoms with van der Waals surface area (Å²) < 4.78 is 5.59. The van der Waals surface area contributed by atoms with Crippen molar-refractivity contribution in [2.45, 2.75) is 56.9 Å². The minimum atomic E-state index is -1.50. The molecule has 1 aliphatic carbocycles. The van der Waals surface area contributed by atoms with E-state index in [1.54, 1.807) is 12.1 Å². The lowest BCUT2D eigenvalue weighted by atomic mass is 9.84. The first-order valence-electron chi connectivity index (χ1n) is 11.3. The Morgan fingerprint density at radius 3 is 2.75 bits per heavy atom. The van der Waals surface area contributed by atoms with E-state index in [9.17, 15) is 19.6 Å². The van der Waals surface area contributed by atoms with Crippen LogP contribution in [0.4, 0.5) is 10.5 Å². The summed E-state index contributed by atoms with van der Waals surface area (Å²) >= 11 is 0. The Bertz CT molecular complexity index is 874. The zero-order valence-electron chi connectivity index (χ0n) is 19.1. The van der Waals surface area contributed by atoms with Gasteiger partial charge in [-0.25, -0.2) is 4.79 Å². The van der Waals surface area contributed by atoms with E-state index in [4.69, 9.17) is 4.74 Å². The summed E-state index contributed by atoms with van der Waals surface area (Å²) in [5, 5.41) is 15.2. The number of carbonyl (C=O) groups is 3. The number of amides is 2. The summed E-state index contributed by atoms with van der Waals surface area (Å²) in [4.78, 5) is 41.0. The van der Waals surface area contributed by atoms with Gasteiger partial charge in [0.25, 0.3) is 0 Å². The molecule has 9 heteroatoms. The van der Waals surface area contributed by atoms with E-state index in [2.05, 4.69) is 23.0 Å². The lowest BCUT2D eigenvalue weighted by molar-refractivity contribution is -0.137. The lowest BCUT2D eigenvalue weighted by Crippen LogP contribution is -2.69. The number of rotatable bonds is 8. The third kappa shape index (κ3) is 4.06. The Hall–Kier alpha value is -2.65. The minimum Gasteiger partial charge on any atom is -0.494 e. The number of Topliss-reactive ketones (excluding diaryl/α,β-unsaturated/α-hetero) is 2. The fourth-order valence-electron chi connectivity index (χ4n) is 5.03. The largest absolute Gasteiger partial charge is 0.494 e. The summed E-state index contributed by atoms with van der Waals surface area (Å²) in [6.07, 6.45) is 4.83. The van der Waals surface area contributed by atoms with E-state index in [1.807, 2.05) is 0 Å². The molecule has 0 radical (unpaired) electrons. The van der Waals surface area contributed by atoms with Crippen LogP contribution in [0.1, 0.15) is 56.1 Å². The summed E-state index contributed by atoms with van der Waals surface area (Å²) in [6, 6.07) is 3.01. The average Bonchev–Trinajstić information content (AvgIpc) is 3.06. The predicted octanol–water partition coefficient (Wildman–Crippen LogP) is 2.23. The van der Waals surface area contributed by atoms with Crippen molar-refractivity contribution in [2.24, 2.45) is 0 Å². The highest BCUT2D eigenvalue weighted by molar-refractivity contribution is 6.22. The summed E-state index contributed by atoms with van der Waals surface area (Å²) in [6.45, 7) is 3.06. The molecule has 3 rings (SSSR count). The second kappa shape index (κ2) is 10.3. The molecule has 1 saturated heterocycles. The molecule has 9 nitrogen and oxygen atoms in total. The number of nitrogens with one attached hydrogen (secondary N) is 3. The van der Waals surface area contributed by atoms with Gasteiger partial charge in [0.15, 0.2) is 17.1 Å². The molecule has 0 aromatic heterocycles. The molecule has 2 fully saturated rings. The van der Waals surface area contributed by atoms with Gasteiger partial charge in [-0.1, -0.05) is 32.3 Å². The number of nitrogens with zero attached hydrogens (tertiary/aromatic N) is 1. The predicted molar refractivity (Wildman–Crippen MR) is 120 cm³/mol. The molecule has 1 aliphatic heterocycles. The van der Waals surface area contributed by atoms with E-state index in [0.29, 0.717) is 24.4 Å². The smallest absolute Gasteiger partial charge is 0.318 e. The SMILES string of the molecule is CCCCCCc1c([C@H]2CC(=O)[C@@]3(CNCCN3C(=O)NC)C2=O)ccc(NO)c1OC. The van der Waals surface area contributed by atoms with Gasteiger partial charge in [0.05, 0.1) is 13.0 Å². The van der Waals surface area contributed by atoms with Crippen LogP contribution in [-0.2, 0) is 16.0 Å². The number of piperazine rings is 1.